The number of carbonyl (C=O) groups excluding carboxylic acids is 2. The molecule has 0 radical (unpaired) electrons. The molecule has 7 nitrogen and oxygen atoms in total. The fourth-order valence-corrected chi connectivity index (χ4v) is 2.45. The molecule has 0 saturated heterocycles. The normalized spacial score (nSPS) is 17.4. The topological polar surface area (TPSA) is 91.7 Å². The number of nitriles is 1. The molecule has 1 heterocycles. The summed E-state index contributed by atoms with van der Waals surface area (Å²) in [4.78, 5) is 25.4. The van der Waals surface area contributed by atoms with Gasteiger partial charge in [-0.1, -0.05) is 18.2 Å². The van der Waals surface area contributed by atoms with Gasteiger partial charge < -0.3 is 14.8 Å². The van der Waals surface area contributed by atoms with E-state index in [1.54, 1.807) is 38.1 Å². The molecule has 1 aliphatic rings. The summed E-state index contributed by atoms with van der Waals surface area (Å²) in [5.41, 5.74) is 1.19. The Hall–Kier alpha value is -3.01. The lowest BCUT2D eigenvalue weighted by Gasteiger charge is -2.34. The third-order valence-electron chi connectivity index (χ3n) is 3.47. The molecule has 1 aromatic rings. The maximum absolute atomic E-state index is 12.3. The highest BCUT2D eigenvalue weighted by molar-refractivity contribution is 5.94. The van der Waals surface area contributed by atoms with Crippen LogP contribution in [0.4, 0.5) is 9.59 Å². The highest BCUT2D eigenvalue weighted by atomic mass is 16.6. The Morgan fingerprint density at radius 3 is 2.74 bits per heavy atom. The van der Waals surface area contributed by atoms with Crippen LogP contribution in [-0.2, 0) is 4.74 Å². The Morgan fingerprint density at radius 2 is 2.13 bits per heavy atom. The lowest BCUT2D eigenvalue weighted by molar-refractivity contribution is 0.104. The minimum absolute atomic E-state index is 0.117. The van der Waals surface area contributed by atoms with Crippen LogP contribution in [0.3, 0.4) is 0 Å². The predicted octanol–water partition coefficient (Wildman–Crippen LogP) is 2.72. The van der Waals surface area contributed by atoms with E-state index in [4.69, 9.17) is 9.47 Å². The van der Waals surface area contributed by atoms with E-state index in [1.165, 1.54) is 7.11 Å². The molecular formula is C16H17N3O4. The van der Waals surface area contributed by atoms with Gasteiger partial charge in [0.25, 0.3) is 0 Å². The number of hydrogen-bond acceptors (Lipinski definition) is 5. The molecular weight excluding hydrogens is 298 g/mol. The van der Waals surface area contributed by atoms with Crippen molar-refractivity contribution in [1.29, 1.82) is 5.26 Å². The molecule has 1 N–H and O–H groups in total. The molecule has 2 rings (SSSR count). The van der Waals surface area contributed by atoms with Crippen LogP contribution in [0, 0.1) is 11.3 Å². The summed E-state index contributed by atoms with van der Waals surface area (Å²) in [6.45, 7) is 3.37. The van der Waals surface area contributed by atoms with Crippen molar-refractivity contribution in [3.05, 3.63) is 41.1 Å². The summed E-state index contributed by atoms with van der Waals surface area (Å²) >= 11 is 0. The highest BCUT2D eigenvalue weighted by Gasteiger charge is 2.40. The molecule has 1 unspecified atom stereocenters. The van der Waals surface area contributed by atoms with Gasteiger partial charge in [-0.2, -0.15) is 5.26 Å². The molecule has 1 aromatic carbocycles. The fourth-order valence-electron chi connectivity index (χ4n) is 2.45. The van der Waals surface area contributed by atoms with Gasteiger partial charge in [-0.3, -0.25) is 0 Å². The Labute approximate surface area is 134 Å². The van der Waals surface area contributed by atoms with E-state index in [0.29, 0.717) is 17.0 Å². The molecule has 0 spiro atoms. The van der Waals surface area contributed by atoms with Crippen LogP contribution >= 0.6 is 0 Å². The van der Waals surface area contributed by atoms with E-state index in [1.807, 2.05) is 0 Å². The second-order valence-electron chi connectivity index (χ2n) is 4.79. The van der Waals surface area contributed by atoms with Crippen LogP contribution in [0.1, 0.15) is 25.5 Å². The van der Waals surface area contributed by atoms with E-state index in [-0.39, 0.29) is 12.2 Å². The van der Waals surface area contributed by atoms with Crippen molar-refractivity contribution >= 4 is 12.1 Å². The minimum atomic E-state index is -0.899. The quantitative estimate of drug-likeness (QED) is 0.926. The van der Waals surface area contributed by atoms with E-state index < -0.39 is 18.2 Å². The fraction of sp³-hybridized carbons (Fsp3) is 0.312. The first-order valence-corrected chi connectivity index (χ1v) is 7.05. The van der Waals surface area contributed by atoms with E-state index >= 15 is 0 Å². The molecule has 0 aromatic heterocycles. The van der Waals surface area contributed by atoms with Crippen molar-refractivity contribution in [1.82, 2.24) is 10.2 Å². The van der Waals surface area contributed by atoms with E-state index in [9.17, 15) is 14.9 Å². The molecule has 0 bridgehead atoms. The Bertz CT molecular complexity index is 706. The van der Waals surface area contributed by atoms with Crippen LogP contribution in [0.5, 0.6) is 5.75 Å². The number of para-hydroxylation sites is 1. The smallest absolute Gasteiger partial charge is 0.418 e. The molecule has 0 fully saturated rings. The standard InChI is InChI=1S/C16H17N3O4/c1-4-23-16(21)19-14(11-7-5-6-8-13(11)22-3)12(9-17)10(2)18-15(19)20/h5-8,14H,4H2,1-3H3,(H,18,20). The van der Waals surface area contributed by atoms with Gasteiger partial charge in [0.15, 0.2) is 0 Å². The van der Waals surface area contributed by atoms with Crippen LogP contribution in [0.25, 0.3) is 0 Å². The second-order valence-corrected chi connectivity index (χ2v) is 4.79. The summed E-state index contributed by atoms with van der Waals surface area (Å²) in [5.74, 6) is 0.474. The summed E-state index contributed by atoms with van der Waals surface area (Å²) in [7, 11) is 1.49. The number of amides is 3. The third-order valence-corrected chi connectivity index (χ3v) is 3.47. The Morgan fingerprint density at radius 1 is 1.43 bits per heavy atom. The van der Waals surface area contributed by atoms with Crippen molar-refractivity contribution in [2.24, 2.45) is 0 Å². The first-order chi connectivity index (χ1) is 11.0. The predicted molar refractivity (Wildman–Crippen MR) is 81.4 cm³/mol. The van der Waals surface area contributed by atoms with Crippen LogP contribution < -0.4 is 10.1 Å². The molecule has 0 aliphatic carbocycles. The highest BCUT2D eigenvalue weighted by Crippen LogP contribution is 2.38. The van der Waals surface area contributed by atoms with Crippen molar-refractivity contribution in [3.63, 3.8) is 0 Å². The number of allylic oxidation sites excluding steroid dienone is 1. The van der Waals surface area contributed by atoms with E-state index in [0.717, 1.165) is 4.90 Å². The Kier molecular flexibility index (Phi) is 4.86. The SMILES string of the molecule is CCOC(=O)N1C(=O)NC(C)=C(C#N)C1c1ccccc1OC. The largest absolute Gasteiger partial charge is 0.496 e. The minimum Gasteiger partial charge on any atom is -0.496 e. The maximum Gasteiger partial charge on any atom is 0.418 e. The van der Waals surface area contributed by atoms with Gasteiger partial charge in [0, 0.05) is 11.3 Å². The number of nitrogens with zero attached hydrogens (tertiary/aromatic N) is 2. The maximum atomic E-state index is 12.3. The second kappa shape index (κ2) is 6.83. The molecule has 0 saturated carbocycles. The van der Waals surface area contributed by atoms with Gasteiger partial charge in [-0.15, -0.1) is 0 Å². The van der Waals surface area contributed by atoms with Crippen molar-refractivity contribution in [2.45, 2.75) is 19.9 Å². The van der Waals surface area contributed by atoms with Gasteiger partial charge >= 0.3 is 12.1 Å². The molecule has 1 atom stereocenters. The molecule has 1 aliphatic heterocycles. The van der Waals surface area contributed by atoms with Gasteiger partial charge in [0.2, 0.25) is 0 Å². The number of methoxy groups -OCH3 is 1. The number of ether oxygens (including phenoxy) is 2. The van der Waals surface area contributed by atoms with Crippen molar-refractivity contribution in [2.75, 3.05) is 13.7 Å². The third kappa shape index (κ3) is 2.97. The molecule has 3 amide bonds. The summed E-state index contributed by atoms with van der Waals surface area (Å²) in [6.07, 6.45) is -0.818. The van der Waals surface area contributed by atoms with Crippen LogP contribution in [0.15, 0.2) is 35.5 Å². The molecule has 120 valence electrons. The van der Waals surface area contributed by atoms with Gasteiger partial charge in [-0.05, 0) is 19.9 Å². The number of rotatable bonds is 3. The summed E-state index contributed by atoms with van der Waals surface area (Å²) < 4.78 is 10.3. The van der Waals surface area contributed by atoms with Crippen LogP contribution in [0.2, 0.25) is 0 Å². The zero-order chi connectivity index (χ0) is 17.0. The number of urea groups is 1. The average molecular weight is 315 g/mol. The number of imide groups is 1. The van der Waals surface area contributed by atoms with Crippen LogP contribution in [-0.4, -0.2) is 30.7 Å². The first-order valence-electron chi connectivity index (χ1n) is 7.05. The zero-order valence-corrected chi connectivity index (χ0v) is 13.1. The van der Waals surface area contributed by atoms with Gasteiger partial charge in [0.1, 0.15) is 11.8 Å². The monoisotopic (exact) mass is 315 g/mol. The number of carbonyl (C=O) groups is 2. The summed E-state index contributed by atoms with van der Waals surface area (Å²) in [5, 5.41) is 12.0. The average Bonchev–Trinajstić information content (AvgIpc) is 2.54. The van der Waals surface area contributed by atoms with Gasteiger partial charge in [-0.25, -0.2) is 14.5 Å². The van der Waals surface area contributed by atoms with Crippen molar-refractivity contribution in [3.8, 4) is 11.8 Å². The Balaban J connectivity index is 2.64. The van der Waals surface area contributed by atoms with E-state index in [2.05, 4.69) is 11.4 Å². The van der Waals surface area contributed by atoms with Crippen molar-refractivity contribution < 1.29 is 19.1 Å². The molecule has 23 heavy (non-hydrogen) atoms. The zero-order valence-electron chi connectivity index (χ0n) is 13.1. The number of nitrogens with one attached hydrogen (secondary N) is 1. The first kappa shape index (κ1) is 16.4. The lowest BCUT2D eigenvalue weighted by Crippen LogP contribution is -2.50. The van der Waals surface area contributed by atoms with Gasteiger partial charge in [0.05, 0.1) is 25.4 Å². The lowest BCUT2D eigenvalue weighted by atomic mass is 9.94. The molecule has 7 heteroatoms. The number of benzene rings is 1. The summed E-state index contributed by atoms with van der Waals surface area (Å²) in [6, 6.07) is 7.44. The number of hydrogen-bond donors (Lipinski definition) is 1.